The van der Waals surface area contributed by atoms with E-state index >= 15 is 0 Å². The second-order valence-electron chi connectivity index (χ2n) is 12.2. The van der Waals surface area contributed by atoms with Crippen LogP contribution in [0.3, 0.4) is 0 Å². The molecule has 0 radical (unpaired) electrons. The summed E-state index contributed by atoms with van der Waals surface area (Å²) in [5, 5.41) is 24.3. The maximum Gasteiger partial charge on any atom is 0.242 e. The van der Waals surface area contributed by atoms with E-state index in [0.29, 0.717) is 40.5 Å². The summed E-state index contributed by atoms with van der Waals surface area (Å²) in [4.78, 5) is 43.4. The van der Waals surface area contributed by atoms with Crippen molar-refractivity contribution in [3.8, 4) is 11.5 Å². The normalized spacial score (nSPS) is 21.1. The first-order chi connectivity index (χ1) is 23.5. The van der Waals surface area contributed by atoms with Crippen molar-refractivity contribution in [1.82, 2.24) is 20.9 Å². The number of aromatic hydroxyl groups is 1. The van der Waals surface area contributed by atoms with Crippen LogP contribution in [0.25, 0.3) is 0 Å². The predicted molar refractivity (Wildman–Crippen MR) is 195 cm³/mol. The zero-order valence-electron chi connectivity index (χ0n) is 29.7. The van der Waals surface area contributed by atoms with Gasteiger partial charge in [0, 0.05) is 40.6 Å². The number of allylic oxidation sites excluding steroid dienone is 2. The molecular formula is C37H49N5O6S. The summed E-state index contributed by atoms with van der Waals surface area (Å²) >= 11 is 5.43. The summed E-state index contributed by atoms with van der Waals surface area (Å²) in [6.07, 6.45) is 1.68. The Hall–Kier alpha value is -4.26. The Morgan fingerprint density at radius 2 is 1.80 bits per heavy atom. The molecule has 2 heterocycles. The highest BCUT2D eigenvalue weighted by atomic mass is 32.1. The Kier molecular flexibility index (Phi) is 12.6. The van der Waals surface area contributed by atoms with Crippen molar-refractivity contribution in [3.63, 3.8) is 0 Å². The minimum Gasteiger partial charge on any atom is -0.504 e. The highest BCUT2D eigenvalue weighted by Crippen LogP contribution is 2.46. The Morgan fingerprint density at radius 3 is 2.43 bits per heavy atom. The lowest BCUT2D eigenvalue weighted by molar-refractivity contribution is -0.123. The maximum absolute atomic E-state index is 14.0. The van der Waals surface area contributed by atoms with Gasteiger partial charge in [0.2, 0.25) is 11.7 Å². The molecular weight excluding hydrogens is 643 g/mol. The number of benzene rings is 2. The van der Waals surface area contributed by atoms with Gasteiger partial charge in [-0.15, -0.1) is 0 Å². The first-order valence-corrected chi connectivity index (χ1v) is 17.2. The number of phenolic OH excluding ortho intramolecular Hbond substituents is 1. The lowest BCUT2D eigenvalue weighted by Crippen LogP contribution is -2.60. The van der Waals surface area contributed by atoms with E-state index in [1.54, 1.807) is 13.8 Å². The van der Waals surface area contributed by atoms with Crippen molar-refractivity contribution in [1.29, 1.82) is 0 Å². The standard InChI is InChI=1S/C35H43N5O6S.C2H6/c1-18-15-21-11-10-14-40-24(28(36-4)26(21)30(42)32(18)45-5)16-23-27(31(43)33(46-6)19(2)29(23)41)25(40)17-37-34(44)20(3)38-35(47)39-22-12-8-7-9-13-22;1-2/h7-9,12-13,15,20,24-25,28,36,42H,10-11,14,16-17H2,1-6H3,(H,37,44)(H2,38,39,47);1-2H3. The number of nitrogens with one attached hydrogen (secondary N) is 4. The van der Waals surface area contributed by atoms with Crippen LogP contribution in [-0.4, -0.2) is 85.1 Å². The fourth-order valence-corrected chi connectivity index (χ4v) is 7.51. The fraction of sp³-hybridized carbons (Fsp3) is 0.459. The number of likely N-dealkylation sites (N-methyl/N-ethyl adjacent to an activating group) is 1. The van der Waals surface area contributed by atoms with E-state index in [-0.39, 0.29) is 53.6 Å². The number of anilines is 1. The Labute approximate surface area is 294 Å². The largest absolute Gasteiger partial charge is 0.504 e. The average Bonchev–Trinajstić information content (AvgIpc) is 3.08. The van der Waals surface area contributed by atoms with Crippen molar-refractivity contribution < 1.29 is 29.0 Å². The number of nitrogens with zero attached hydrogens (tertiary/aromatic N) is 1. The first-order valence-electron chi connectivity index (χ1n) is 16.8. The predicted octanol–water partition coefficient (Wildman–Crippen LogP) is 4.25. The Bertz CT molecular complexity index is 1660. The molecule has 2 aliphatic heterocycles. The number of thiocarbonyl (C=S) groups is 1. The third-order valence-corrected chi connectivity index (χ3v) is 9.61. The van der Waals surface area contributed by atoms with Crippen LogP contribution in [0.4, 0.5) is 5.69 Å². The number of Topliss-reactive ketones (excluding diaryl/α,β-unsaturated/α-hetero) is 2. The Balaban J connectivity index is 0.00000265. The molecule has 264 valence electrons. The monoisotopic (exact) mass is 691 g/mol. The zero-order valence-corrected chi connectivity index (χ0v) is 30.5. The Morgan fingerprint density at radius 1 is 1.10 bits per heavy atom. The van der Waals surface area contributed by atoms with Crippen molar-refractivity contribution in [3.05, 3.63) is 75.6 Å². The molecule has 0 saturated carbocycles. The molecule has 0 spiro atoms. The summed E-state index contributed by atoms with van der Waals surface area (Å²) in [6.45, 7) is 9.88. The van der Waals surface area contributed by atoms with E-state index < -0.39 is 18.1 Å². The summed E-state index contributed by atoms with van der Waals surface area (Å²) in [5.41, 5.74) is 4.37. The van der Waals surface area contributed by atoms with E-state index in [1.807, 2.05) is 58.2 Å². The third-order valence-electron chi connectivity index (χ3n) is 9.39. The second-order valence-corrected chi connectivity index (χ2v) is 12.6. The molecule has 2 aromatic rings. The molecule has 4 atom stereocenters. The average molecular weight is 692 g/mol. The van der Waals surface area contributed by atoms with Gasteiger partial charge >= 0.3 is 0 Å². The van der Waals surface area contributed by atoms with Crippen LogP contribution >= 0.6 is 12.2 Å². The number of aryl methyl sites for hydroxylation is 2. The molecule has 12 heteroatoms. The van der Waals surface area contributed by atoms with E-state index in [2.05, 4.69) is 32.2 Å². The van der Waals surface area contributed by atoms with Gasteiger partial charge in [-0.05, 0) is 89.1 Å². The van der Waals surface area contributed by atoms with Crippen LogP contribution in [0.15, 0.2) is 58.9 Å². The number of fused-ring (bicyclic) bond motifs is 2. The number of methoxy groups -OCH3 is 2. The van der Waals surface area contributed by atoms with Crippen molar-refractivity contribution in [2.75, 3.05) is 39.7 Å². The highest BCUT2D eigenvalue weighted by molar-refractivity contribution is 7.80. The number of amides is 1. The van der Waals surface area contributed by atoms with E-state index in [9.17, 15) is 19.5 Å². The molecule has 0 saturated heterocycles. The minimum absolute atomic E-state index is 0.0244. The molecule has 0 aromatic heterocycles. The van der Waals surface area contributed by atoms with Crippen molar-refractivity contribution in [2.24, 2.45) is 0 Å². The second kappa shape index (κ2) is 16.4. The molecule has 1 aliphatic carbocycles. The van der Waals surface area contributed by atoms with Crippen LogP contribution in [0.1, 0.15) is 63.3 Å². The lowest BCUT2D eigenvalue weighted by Gasteiger charge is -2.49. The van der Waals surface area contributed by atoms with Crippen LogP contribution in [0, 0.1) is 6.92 Å². The van der Waals surface area contributed by atoms with Gasteiger partial charge in [-0.3, -0.25) is 19.3 Å². The number of ether oxygens (including phenoxy) is 2. The quantitative estimate of drug-likeness (QED) is 0.201. The van der Waals surface area contributed by atoms with Gasteiger partial charge in [0.15, 0.2) is 28.2 Å². The number of carbonyl (C=O) groups excluding carboxylic acids is 3. The molecule has 49 heavy (non-hydrogen) atoms. The van der Waals surface area contributed by atoms with Gasteiger partial charge < -0.3 is 35.8 Å². The highest BCUT2D eigenvalue weighted by Gasteiger charge is 2.48. The summed E-state index contributed by atoms with van der Waals surface area (Å²) < 4.78 is 11.0. The number of rotatable bonds is 8. The molecule has 4 unspecified atom stereocenters. The molecule has 2 aromatic carbocycles. The van der Waals surface area contributed by atoms with E-state index in [0.717, 1.165) is 23.2 Å². The number of carbonyl (C=O) groups is 3. The number of ketones is 2. The smallest absolute Gasteiger partial charge is 0.242 e. The maximum atomic E-state index is 14.0. The summed E-state index contributed by atoms with van der Waals surface area (Å²) in [6, 6.07) is 9.39. The lowest BCUT2D eigenvalue weighted by atomic mass is 9.74. The number of hydrogen-bond acceptors (Lipinski definition) is 9. The SMILES string of the molecule is CC.CNC1c2c(cc(C)c(OC)c2O)CCCN2C(CNC(=O)C(C)NC(=S)Nc3ccccc3)C3=C(CC12)C(=O)C(C)=C(OC)C3=O. The van der Waals surface area contributed by atoms with Gasteiger partial charge in [0.05, 0.1) is 26.3 Å². The minimum atomic E-state index is -0.691. The van der Waals surface area contributed by atoms with Gasteiger partial charge in [-0.2, -0.15) is 0 Å². The zero-order chi connectivity index (χ0) is 36.0. The third kappa shape index (κ3) is 7.51. The van der Waals surface area contributed by atoms with Crippen molar-refractivity contribution >= 4 is 40.5 Å². The molecule has 11 nitrogen and oxygen atoms in total. The van der Waals surface area contributed by atoms with E-state index in [1.165, 1.54) is 14.2 Å². The number of phenols is 1. The van der Waals surface area contributed by atoms with Crippen molar-refractivity contribution in [2.45, 2.75) is 78.0 Å². The van der Waals surface area contributed by atoms with Gasteiger partial charge in [-0.25, -0.2) is 0 Å². The van der Waals surface area contributed by atoms with Gasteiger partial charge in [0.25, 0.3) is 0 Å². The number of hydrogen-bond donors (Lipinski definition) is 5. The van der Waals surface area contributed by atoms with E-state index in [4.69, 9.17) is 21.7 Å². The van der Waals surface area contributed by atoms with Crippen LogP contribution in [0.5, 0.6) is 11.5 Å². The number of para-hydroxylation sites is 1. The summed E-state index contributed by atoms with van der Waals surface area (Å²) in [5.74, 6) is -0.416. The van der Waals surface area contributed by atoms with Gasteiger partial charge in [0.1, 0.15) is 6.04 Å². The molecule has 1 amide bonds. The van der Waals surface area contributed by atoms with Gasteiger partial charge in [-0.1, -0.05) is 38.1 Å². The molecule has 3 aliphatic rings. The molecule has 5 rings (SSSR count). The van der Waals surface area contributed by atoms with Crippen LogP contribution in [0.2, 0.25) is 0 Å². The molecule has 0 bridgehead atoms. The van der Waals surface area contributed by atoms with Crippen LogP contribution < -0.4 is 26.0 Å². The van der Waals surface area contributed by atoms with Crippen LogP contribution in [-0.2, 0) is 25.5 Å². The fourth-order valence-electron chi connectivity index (χ4n) is 7.22. The molecule has 0 fully saturated rings. The molecule has 5 N–H and O–H groups in total. The topological polar surface area (TPSA) is 141 Å². The summed E-state index contributed by atoms with van der Waals surface area (Å²) in [7, 11) is 4.74. The first kappa shape index (κ1) is 37.6.